The Morgan fingerprint density at radius 3 is 1.53 bits per heavy atom. The summed E-state index contributed by atoms with van der Waals surface area (Å²) in [4.78, 5) is 23.1. The first kappa shape index (κ1) is 53.6. The maximum absolute atomic E-state index is 12.8. The molecule has 1 fully saturated rings. The predicted molar refractivity (Wildman–Crippen MR) is 226 cm³/mol. The second-order valence-corrected chi connectivity index (χ2v) is 16.9. The van der Waals surface area contributed by atoms with E-state index in [2.05, 4.69) is 50.3 Å². The first-order chi connectivity index (χ1) is 27.5. The number of carbonyl (C=O) groups is 1. The molecule has 0 heterocycles. The van der Waals surface area contributed by atoms with Crippen molar-refractivity contribution in [1.29, 1.82) is 0 Å². The van der Waals surface area contributed by atoms with E-state index in [0.717, 1.165) is 77.0 Å². The third kappa shape index (κ3) is 27.9. The highest BCUT2D eigenvalue weighted by molar-refractivity contribution is 7.47. The van der Waals surface area contributed by atoms with Crippen molar-refractivity contribution < 1.29 is 58.3 Å². The van der Waals surface area contributed by atoms with Gasteiger partial charge in [-0.25, -0.2) is 4.57 Å². The highest BCUT2D eigenvalue weighted by Crippen LogP contribution is 2.47. The van der Waals surface area contributed by atoms with Gasteiger partial charge in [-0.1, -0.05) is 134 Å². The summed E-state index contributed by atoms with van der Waals surface area (Å²) in [5.41, 5.74) is 0. The number of ether oxygens (including phenoxy) is 2. The number of rotatable bonds is 37. The monoisotopic (exact) mass is 833 g/mol. The zero-order valence-corrected chi connectivity index (χ0v) is 36.3. The maximum Gasteiger partial charge on any atom is 0.472 e. The summed E-state index contributed by atoms with van der Waals surface area (Å²) in [5, 5.41) is 50.1. The molecule has 12 nitrogen and oxygen atoms in total. The molecular weight excluding hydrogens is 751 g/mol. The van der Waals surface area contributed by atoms with Gasteiger partial charge in [0.25, 0.3) is 0 Å². The van der Waals surface area contributed by atoms with Crippen molar-refractivity contribution in [2.75, 3.05) is 19.8 Å². The summed E-state index contributed by atoms with van der Waals surface area (Å²) in [5.74, 6) is -0.494. The van der Waals surface area contributed by atoms with E-state index in [9.17, 15) is 39.8 Å². The Morgan fingerprint density at radius 2 is 0.982 bits per heavy atom. The van der Waals surface area contributed by atoms with E-state index in [1.165, 1.54) is 70.6 Å². The summed E-state index contributed by atoms with van der Waals surface area (Å²) in [6, 6.07) is 0. The summed E-state index contributed by atoms with van der Waals surface area (Å²) in [6.45, 7) is 4.19. The van der Waals surface area contributed by atoms with Crippen molar-refractivity contribution in [3.63, 3.8) is 0 Å². The molecule has 0 bridgehead atoms. The lowest BCUT2D eigenvalue weighted by Gasteiger charge is -2.41. The van der Waals surface area contributed by atoms with Crippen molar-refractivity contribution in [1.82, 2.24) is 0 Å². The average Bonchev–Trinajstić information content (AvgIpc) is 3.19. The molecule has 0 amide bonds. The Balaban J connectivity index is 2.43. The van der Waals surface area contributed by atoms with E-state index in [-0.39, 0.29) is 13.0 Å². The van der Waals surface area contributed by atoms with Crippen molar-refractivity contribution in [3.05, 3.63) is 36.5 Å². The van der Waals surface area contributed by atoms with Gasteiger partial charge < -0.3 is 39.9 Å². The molecule has 1 aliphatic rings. The van der Waals surface area contributed by atoms with Crippen LogP contribution in [0, 0.1) is 0 Å². The van der Waals surface area contributed by atoms with Gasteiger partial charge >= 0.3 is 13.8 Å². The minimum Gasteiger partial charge on any atom is -0.457 e. The smallest absolute Gasteiger partial charge is 0.457 e. The number of hydrogen-bond acceptors (Lipinski definition) is 11. The lowest BCUT2D eigenvalue weighted by Crippen LogP contribution is -2.64. The third-order valence-electron chi connectivity index (χ3n) is 10.2. The lowest BCUT2D eigenvalue weighted by molar-refractivity contribution is -0.220. The lowest BCUT2D eigenvalue weighted by atomic mass is 9.85. The van der Waals surface area contributed by atoms with Gasteiger partial charge in [-0.15, -0.1) is 0 Å². The van der Waals surface area contributed by atoms with E-state index in [4.69, 9.17) is 18.5 Å². The van der Waals surface area contributed by atoms with Gasteiger partial charge in [-0.05, 0) is 70.6 Å². The second-order valence-electron chi connectivity index (χ2n) is 15.5. The van der Waals surface area contributed by atoms with Gasteiger partial charge in [0.2, 0.25) is 0 Å². The van der Waals surface area contributed by atoms with Crippen LogP contribution in [0.15, 0.2) is 36.5 Å². The summed E-state index contributed by atoms with van der Waals surface area (Å²) < 4.78 is 34.1. The Hall–Kier alpha value is -1.44. The van der Waals surface area contributed by atoms with Crippen LogP contribution >= 0.6 is 7.82 Å². The SMILES string of the molecule is CCCCC/C=C\C/C=C\CCCCCCCC(=O)OC(COCCCCCCCC/C=C\CCCCCCC)COP(=O)(O)OC1C(O)C(O)C(O)C(O)C1O. The molecule has 57 heavy (non-hydrogen) atoms. The molecule has 0 aliphatic heterocycles. The van der Waals surface area contributed by atoms with Gasteiger partial charge in [-0.3, -0.25) is 13.8 Å². The minimum atomic E-state index is -5.02. The first-order valence-corrected chi connectivity index (χ1v) is 23.8. The fraction of sp³-hybridized carbons (Fsp3) is 0.841. The van der Waals surface area contributed by atoms with Crippen LogP contribution in [0.5, 0.6) is 0 Å². The predicted octanol–water partition coefficient (Wildman–Crippen LogP) is 8.70. The van der Waals surface area contributed by atoms with Crippen LogP contribution in [0.3, 0.4) is 0 Å². The summed E-state index contributed by atoms with van der Waals surface area (Å²) in [6.07, 6.45) is 27.8. The molecule has 0 spiro atoms. The normalized spacial score (nSPS) is 23.2. The number of phosphoric acid groups is 1. The largest absolute Gasteiger partial charge is 0.472 e. The van der Waals surface area contributed by atoms with Crippen molar-refractivity contribution in [2.45, 2.75) is 217 Å². The van der Waals surface area contributed by atoms with Gasteiger partial charge in [0.1, 0.15) is 42.7 Å². The van der Waals surface area contributed by atoms with E-state index in [0.29, 0.717) is 13.0 Å². The number of carbonyl (C=O) groups excluding carboxylic acids is 1. The van der Waals surface area contributed by atoms with Gasteiger partial charge in [0.15, 0.2) is 0 Å². The van der Waals surface area contributed by atoms with E-state index in [1.54, 1.807) is 0 Å². The van der Waals surface area contributed by atoms with E-state index in [1.807, 2.05) is 0 Å². The quantitative estimate of drug-likeness (QED) is 0.0151. The van der Waals surface area contributed by atoms with Crippen LogP contribution in [0.2, 0.25) is 0 Å². The Labute approximate surface area is 344 Å². The zero-order valence-electron chi connectivity index (χ0n) is 35.4. The fourth-order valence-electron chi connectivity index (χ4n) is 6.61. The van der Waals surface area contributed by atoms with Crippen LogP contribution in [0.1, 0.15) is 174 Å². The van der Waals surface area contributed by atoms with Gasteiger partial charge in [-0.2, -0.15) is 0 Å². The average molecular weight is 833 g/mol. The van der Waals surface area contributed by atoms with E-state index < -0.39 is 63.1 Å². The van der Waals surface area contributed by atoms with Crippen LogP contribution < -0.4 is 0 Å². The van der Waals surface area contributed by atoms with Crippen molar-refractivity contribution in [3.8, 4) is 0 Å². The third-order valence-corrected chi connectivity index (χ3v) is 11.2. The molecule has 1 rings (SSSR count). The summed E-state index contributed by atoms with van der Waals surface area (Å²) in [7, 11) is -5.02. The number of esters is 1. The number of allylic oxidation sites excluding steroid dienone is 6. The molecule has 0 saturated heterocycles. The first-order valence-electron chi connectivity index (χ1n) is 22.3. The molecule has 13 heteroatoms. The molecule has 0 radical (unpaired) electrons. The zero-order chi connectivity index (χ0) is 42.0. The molecule has 6 unspecified atom stereocenters. The van der Waals surface area contributed by atoms with Crippen LogP contribution in [-0.2, 0) is 27.9 Å². The number of hydrogen-bond donors (Lipinski definition) is 6. The van der Waals surface area contributed by atoms with Crippen LogP contribution in [0.4, 0.5) is 0 Å². The molecular formula is C44H81O12P. The molecule has 0 aromatic rings. The molecule has 334 valence electrons. The molecule has 1 aliphatic carbocycles. The molecule has 6 atom stereocenters. The highest BCUT2D eigenvalue weighted by atomic mass is 31.2. The Kier molecular flexibility index (Phi) is 33.2. The van der Waals surface area contributed by atoms with E-state index >= 15 is 0 Å². The number of aliphatic hydroxyl groups is 5. The number of unbranched alkanes of at least 4 members (excludes halogenated alkanes) is 19. The van der Waals surface area contributed by atoms with Crippen LogP contribution in [-0.4, -0.2) is 98.9 Å². The second kappa shape index (κ2) is 35.3. The molecule has 6 N–H and O–H groups in total. The highest BCUT2D eigenvalue weighted by Gasteiger charge is 2.51. The van der Waals surface area contributed by atoms with Crippen molar-refractivity contribution >= 4 is 13.8 Å². The van der Waals surface area contributed by atoms with Crippen molar-refractivity contribution in [2.24, 2.45) is 0 Å². The minimum absolute atomic E-state index is 0.0862. The number of aliphatic hydroxyl groups excluding tert-OH is 5. The van der Waals surface area contributed by atoms with Gasteiger partial charge in [0.05, 0.1) is 13.2 Å². The maximum atomic E-state index is 12.8. The standard InChI is InChI=1S/C44H81O12P/c1-3-5-7-9-11-13-15-17-19-21-23-25-27-29-31-33-38(45)55-37(36-54-57(51,52)56-44-42(49)40(47)39(46)41(48)43(44)50)35-53-34-32-30-28-26-24-22-20-18-16-14-12-10-8-6-4-2/h11,13,16-19,37,39-44,46-50H,3-10,12,14-15,20-36H2,1-2H3,(H,51,52)/b13-11-,18-16-,19-17-. The van der Waals surface area contributed by atoms with Crippen LogP contribution in [0.25, 0.3) is 0 Å². The molecule has 0 aromatic carbocycles. The number of phosphoric ester groups is 1. The molecule has 1 saturated carbocycles. The Bertz CT molecular complexity index is 1090. The topological polar surface area (TPSA) is 192 Å². The summed E-state index contributed by atoms with van der Waals surface area (Å²) >= 11 is 0. The Morgan fingerprint density at radius 1 is 0.561 bits per heavy atom. The molecule has 0 aromatic heterocycles. The van der Waals surface area contributed by atoms with Gasteiger partial charge in [0, 0.05) is 13.0 Å². The fourth-order valence-corrected chi connectivity index (χ4v) is 7.59.